The Kier molecular flexibility index (Phi) is 3.93. The Morgan fingerprint density at radius 2 is 2.11 bits per heavy atom. The first-order valence-electron chi connectivity index (χ1n) is 5.95. The van der Waals surface area contributed by atoms with Crippen LogP contribution in [0.3, 0.4) is 0 Å². The maximum atomic E-state index is 12.5. The molecule has 0 amide bonds. The minimum atomic E-state index is -4.30. The van der Waals surface area contributed by atoms with Gasteiger partial charge in [-0.05, 0) is 37.6 Å². The zero-order valence-electron chi connectivity index (χ0n) is 9.85. The third-order valence-corrected chi connectivity index (χ3v) is 2.91. The number of piperidine rings is 1. The quantitative estimate of drug-likeness (QED) is 0.701. The van der Waals surface area contributed by atoms with Crippen molar-refractivity contribution < 1.29 is 13.2 Å². The Bertz CT molecular complexity index is 462. The van der Waals surface area contributed by atoms with Gasteiger partial charge in [0, 0.05) is 18.0 Å². The topological polar surface area (TPSA) is 12.0 Å². The summed E-state index contributed by atoms with van der Waals surface area (Å²) < 4.78 is 37.5. The molecule has 0 bridgehead atoms. The number of alkyl halides is 3. The Morgan fingerprint density at radius 3 is 2.78 bits per heavy atom. The minimum absolute atomic E-state index is 0.244. The lowest BCUT2D eigenvalue weighted by Crippen LogP contribution is -2.28. The van der Waals surface area contributed by atoms with E-state index in [0.717, 1.165) is 38.1 Å². The zero-order valence-corrected chi connectivity index (χ0v) is 9.85. The van der Waals surface area contributed by atoms with Crippen molar-refractivity contribution in [2.45, 2.75) is 19.0 Å². The van der Waals surface area contributed by atoms with E-state index in [9.17, 15) is 13.2 Å². The highest BCUT2D eigenvalue weighted by Gasteiger charge is 2.30. The molecular formula is C14H14F3N. The lowest BCUT2D eigenvalue weighted by molar-refractivity contribution is -0.137. The molecule has 1 aromatic carbocycles. The Balaban J connectivity index is 2.12. The van der Waals surface area contributed by atoms with E-state index in [1.807, 2.05) is 0 Å². The summed E-state index contributed by atoms with van der Waals surface area (Å²) in [6, 6.07) is 5.17. The van der Waals surface area contributed by atoms with Gasteiger partial charge in [-0.2, -0.15) is 13.2 Å². The molecule has 4 heteroatoms. The molecule has 1 aliphatic heterocycles. The fourth-order valence-corrected chi connectivity index (χ4v) is 1.93. The minimum Gasteiger partial charge on any atom is -0.316 e. The molecule has 0 aromatic heterocycles. The van der Waals surface area contributed by atoms with E-state index in [1.54, 1.807) is 6.07 Å². The first-order chi connectivity index (χ1) is 8.55. The summed E-state index contributed by atoms with van der Waals surface area (Å²) in [4.78, 5) is 0. The molecular weight excluding hydrogens is 239 g/mol. The fourth-order valence-electron chi connectivity index (χ4n) is 1.93. The van der Waals surface area contributed by atoms with Gasteiger partial charge in [-0.25, -0.2) is 0 Å². The van der Waals surface area contributed by atoms with Gasteiger partial charge in [0.1, 0.15) is 0 Å². The van der Waals surface area contributed by atoms with Crippen LogP contribution >= 0.6 is 0 Å². The molecule has 1 atom stereocenters. The smallest absolute Gasteiger partial charge is 0.316 e. The van der Waals surface area contributed by atoms with E-state index < -0.39 is 11.7 Å². The number of hydrogen-bond acceptors (Lipinski definition) is 1. The van der Waals surface area contributed by atoms with Crippen molar-refractivity contribution in [2.24, 2.45) is 5.92 Å². The molecule has 1 fully saturated rings. The van der Waals surface area contributed by atoms with Gasteiger partial charge in [-0.3, -0.25) is 0 Å². The van der Waals surface area contributed by atoms with Crippen LogP contribution in [0.1, 0.15) is 24.0 Å². The largest absolute Gasteiger partial charge is 0.416 e. The van der Waals surface area contributed by atoms with Crippen LogP contribution in [0.15, 0.2) is 24.3 Å². The molecule has 1 aromatic rings. The molecule has 96 valence electrons. The average Bonchev–Trinajstić information content (AvgIpc) is 2.37. The van der Waals surface area contributed by atoms with Crippen LogP contribution in [-0.2, 0) is 6.18 Å². The standard InChI is InChI=1S/C14H14F3N/c15-14(16,17)13-5-1-3-11(9-13)6-7-12-4-2-8-18-10-12/h1,3,5,9,12,18H,2,4,8,10H2. The van der Waals surface area contributed by atoms with Crippen molar-refractivity contribution in [3.8, 4) is 11.8 Å². The van der Waals surface area contributed by atoms with Crippen LogP contribution in [0.25, 0.3) is 0 Å². The highest BCUT2D eigenvalue weighted by atomic mass is 19.4. The van der Waals surface area contributed by atoms with Crippen LogP contribution in [-0.4, -0.2) is 13.1 Å². The van der Waals surface area contributed by atoms with E-state index in [4.69, 9.17) is 0 Å². The number of nitrogens with one attached hydrogen (secondary N) is 1. The van der Waals surface area contributed by atoms with Crippen molar-refractivity contribution >= 4 is 0 Å². The van der Waals surface area contributed by atoms with Gasteiger partial charge in [-0.1, -0.05) is 17.9 Å². The highest BCUT2D eigenvalue weighted by Crippen LogP contribution is 2.29. The highest BCUT2D eigenvalue weighted by molar-refractivity contribution is 5.38. The summed E-state index contributed by atoms with van der Waals surface area (Å²) in [7, 11) is 0. The van der Waals surface area contributed by atoms with E-state index in [2.05, 4.69) is 17.2 Å². The maximum Gasteiger partial charge on any atom is 0.416 e. The number of benzene rings is 1. The number of rotatable bonds is 0. The second kappa shape index (κ2) is 5.45. The van der Waals surface area contributed by atoms with E-state index in [1.165, 1.54) is 6.07 Å². The van der Waals surface area contributed by atoms with Crippen LogP contribution in [0.4, 0.5) is 13.2 Å². The predicted octanol–water partition coefficient (Wildman–Crippen LogP) is 3.06. The molecule has 1 unspecified atom stereocenters. The summed E-state index contributed by atoms with van der Waals surface area (Å²) in [6.45, 7) is 1.83. The Hall–Kier alpha value is -1.47. The molecule has 1 N–H and O–H groups in total. The third kappa shape index (κ3) is 3.51. The number of hydrogen-bond donors (Lipinski definition) is 1. The Labute approximate surface area is 104 Å². The van der Waals surface area contributed by atoms with Crippen LogP contribution < -0.4 is 5.32 Å². The second-order valence-electron chi connectivity index (χ2n) is 4.39. The maximum absolute atomic E-state index is 12.5. The zero-order chi connectivity index (χ0) is 13.0. The van der Waals surface area contributed by atoms with Crippen LogP contribution in [0.2, 0.25) is 0 Å². The fraction of sp³-hybridized carbons (Fsp3) is 0.429. The van der Waals surface area contributed by atoms with Crippen molar-refractivity contribution in [1.82, 2.24) is 5.32 Å². The van der Waals surface area contributed by atoms with Crippen molar-refractivity contribution in [1.29, 1.82) is 0 Å². The van der Waals surface area contributed by atoms with Crippen molar-refractivity contribution in [3.05, 3.63) is 35.4 Å². The molecule has 1 heterocycles. The monoisotopic (exact) mass is 253 g/mol. The lowest BCUT2D eigenvalue weighted by atomic mass is 10.00. The molecule has 18 heavy (non-hydrogen) atoms. The summed E-state index contributed by atoms with van der Waals surface area (Å²) in [5, 5.41) is 3.22. The van der Waals surface area contributed by atoms with Crippen molar-refractivity contribution in [2.75, 3.05) is 13.1 Å². The van der Waals surface area contributed by atoms with Gasteiger partial charge >= 0.3 is 6.18 Å². The molecule has 0 aliphatic carbocycles. The molecule has 0 radical (unpaired) electrons. The van der Waals surface area contributed by atoms with Gasteiger partial charge in [0.05, 0.1) is 5.56 Å². The van der Waals surface area contributed by atoms with Gasteiger partial charge in [0.15, 0.2) is 0 Å². The van der Waals surface area contributed by atoms with Crippen LogP contribution in [0, 0.1) is 17.8 Å². The van der Waals surface area contributed by atoms with Gasteiger partial charge in [0.25, 0.3) is 0 Å². The molecule has 2 rings (SSSR count). The van der Waals surface area contributed by atoms with E-state index >= 15 is 0 Å². The summed E-state index contributed by atoms with van der Waals surface area (Å²) >= 11 is 0. The van der Waals surface area contributed by atoms with Gasteiger partial charge < -0.3 is 5.32 Å². The number of halogens is 3. The third-order valence-electron chi connectivity index (χ3n) is 2.91. The SMILES string of the molecule is FC(F)(F)c1cccc(C#CC2CCCNC2)c1. The molecule has 1 nitrogen and oxygen atoms in total. The van der Waals surface area contributed by atoms with Crippen LogP contribution in [0.5, 0.6) is 0 Å². The summed E-state index contributed by atoms with van der Waals surface area (Å²) in [6.07, 6.45) is -2.22. The molecule has 1 saturated heterocycles. The first-order valence-corrected chi connectivity index (χ1v) is 5.95. The second-order valence-corrected chi connectivity index (χ2v) is 4.39. The van der Waals surface area contributed by atoms with Gasteiger partial charge in [-0.15, -0.1) is 0 Å². The van der Waals surface area contributed by atoms with Crippen molar-refractivity contribution in [3.63, 3.8) is 0 Å². The Morgan fingerprint density at radius 1 is 1.28 bits per heavy atom. The van der Waals surface area contributed by atoms with Gasteiger partial charge in [0.2, 0.25) is 0 Å². The molecule has 0 spiro atoms. The first kappa shape index (κ1) is 13.0. The van der Waals surface area contributed by atoms with E-state index in [-0.39, 0.29) is 5.92 Å². The lowest BCUT2D eigenvalue weighted by Gasteiger charge is -2.17. The summed E-state index contributed by atoms with van der Waals surface area (Å²) in [5.74, 6) is 6.12. The normalized spacial score (nSPS) is 20.1. The average molecular weight is 253 g/mol. The van der Waals surface area contributed by atoms with E-state index in [0.29, 0.717) is 5.56 Å². The molecule has 0 saturated carbocycles. The molecule has 1 aliphatic rings. The summed E-state index contributed by atoms with van der Waals surface area (Å²) in [5.41, 5.74) is -0.216. The predicted molar refractivity (Wildman–Crippen MR) is 63.9 cm³/mol.